The van der Waals surface area contributed by atoms with Gasteiger partial charge in [-0.3, -0.25) is 4.68 Å². The van der Waals surface area contributed by atoms with Gasteiger partial charge < -0.3 is 5.11 Å². The van der Waals surface area contributed by atoms with Crippen LogP contribution in [0, 0.1) is 6.07 Å². The third kappa shape index (κ3) is 1.49. The molecule has 10 heavy (non-hydrogen) atoms. The number of rotatable bonds is 3. The monoisotopic (exact) mass is 159 g/mol. The summed E-state index contributed by atoms with van der Waals surface area (Å²) in [4.78, 5) is 0. The predicted molar refractivity (Wildman–Crippen MR) is 37.9 cm³/mol. The predicted octanol–water partition coefficient (Wildman–Crippen LogP) is 0.455. The van der Waals surface area contributed by atoms with Crippen LogP contribution < -0.4 is 0 Å². The lowest BCUT2D eigenvalue weighted by Crippen LogP contribution is -2.14. The quantitative estimate of drug-likeness (QED) is 0.651. The molecule has 1 unspecified atom stereocenters. The Bertz CT molecular complexity index is 172. The molecule has 0 bridgehead atoms. The molecule has 0 saturated carbocycles. The molecule has 1 heterocycles. The Morgan fingerprint density at radius 2 is 2.60 bits per heavy atom. The van der Waals surface area contributed by atoms with E-state index in [1.165, 1.54) is 6.20 Å². The molecule has 3 nitrogen and oxygen atoms in total. The molecule has 1 rings (SSSR count). The minimum atomic E-state index is -0.118. The highest BCUT2D eigenvalue weighted by molar-refractivity contribution is 6.18. The molecule has 0 amide bonds. The number of halogens is 1. The van der Waals surface area contributed by atoms with Crippen LogP contribution in [0.2, 0.25) is 0 Å². The fraction of sp³-hybridized carbons (Fsp3) is 0.500. The first kappa shape index (κ1) is 7.57. The van der Waals surface area contributed by atoms with E-state index in [-0.39, 0.29) is 12.6 Å². The summed E-state index contributed by atoms with van der Waals surface area (Å²) in [5.41, 5.74) is 0. The fourth-order valence-corrected chi connectivity index (χ4v) is 0.885. The zero-order valence-corrected chi connectivity index (χ0v) is 6.12. The van der Waals surface area contributed by atoms with Gasteiger partial charge in [0.15, 0.2) is 0 Å². The molecule has 0 spiro atoms. The molecule has 1 atom stereocenters. The fourth-order valence-electron chi connectivity index (χ4n) is 0.646. The number of alkyl halides is 1. The third-order valence-electron chi connectivity index (χ3n) is 1.24. The van der Waals surface area contributed by atoms with Gasteiger partial charge in [-0.05, 0) is 0 Å². The molecular weight excluding hydrogens is 152 g/mol. The van der Waals surface area contributed by atoms with Crippen molar-refractivity contribution >= 4 is 11.6 Å². The van der Waals surface area contributed by atoms with Crippen LogP contribution in [0.25, 0.3) is 0 Å². The number of aromatic nitrogens is 2. The Hall–Kier alpha value is -0.540. The van der Waals surface area contributed by atoms with Crippen molar-refractivity contribution in [2.75, 3.05) is 12.5 Å². The first-order valence-corrected chi connectivity index (χ1v) is 3.49. The van der Waals surface area contributed by atoms with Crippen molar-refractivity contribution in [2.24, 2.45) is 0 Å². The van der Waals surface area contributed by atoms with E-state index in [9.17, 15) is 0 Å². The van der Waals surface area contributed by atoms with Crippen LogP contribution in [0.5, 0.6) is 0 Å². The van der Waals surface area contributed by atoms with Gasteiger partial charge in [0.05, 0.1) is 18.8 Å². The van der Waals surface area contributed by atoms with Crippen LogP contribution >= 0.6 is 11.6 Å². The van der Waals surface area contributed by atoms with Crippen molar-refractivity contribution in [2.45, 2.75) is 6.04 Å². The smallest absolute Gasteiger partial charge is 0.0885 e. The second kappa shape index (κ2) is 3.58. The van der Waals surface area contributed by atoms with E-state index >= 15 is 0 Å². The van der Waals surface area contributed by atoms with E-state index in [4.69, 9.17) is 16.7 Å². The van der Waals surface area contributed by atoms with E-state index < -0.39 is 0 Å². The standard InChI is InChI=1S/C6H8ClN2O/c7-4-6(5-10)9-3-1-2-8-9/h2-3,6,10H,4-5H2. The van der Waals surface area contributed by atoms with E-state index in [1.807, 2.05) is 0 Å². The summed E-state index contributed by atoms with van der Waals surface area (Å²) < 4.78 is 1.59. The molecule has 1 aromatic rings. The number of aliphatic hydroxyl groups is 1. The summed E-state index contributed by atoms with van der Waals surface area (Å²) in [6.07, 6.45) is 3.19. The lowest BCUT2D eigenvalue weighted by molar-refractivity contribution is 0.231. The topological polar surface area (TPSA) is 38.0 Å². The normalized spacial score (nSPS) is 13.4. The van der Waals surface area contributed by atoms with E-state index in [2.05, 4.69) is 11.2 Å². The summed E-state index contributed by atoms with van der Waals surface area (Å²) in [7, 11) is 0. The maximum atomic E-state index is 8.74. The summed E-state index contributed by atoms with van der Waals surface area (Å²) in [5, 5.41) is 12.6. The number of hydrogen-bond acceptors (Lipinski definition) is 2. The molecule has 0 aliphatic heterocycles. The van der Waals surface area contributed by atoms with Crippen molar-refractivity contribution in [1.82, 2.24) is 9.78 Å². The highest BCUT2D eigenvalue weighted by atomic mass is 35.5. The van der Waals surface area contributed by atoms with Gasteiger partial charge in [0.2, 0.25) is 0 Å². The molecule has 0 fully saturated rings. The zero-order valence-electron chi connectivity index (χ0n) is 5.37. The Morgan fingerprint density at radius 3 is 3.00 bits per heavy atom. The van der Waals surface area contributed by atoms with Gasteiger partial charge in [0, 0.05) is 18.1 Å². The SMILES string of the molecule is OCC(CCl)n1c[c]cn1. The molecule has 0 aliphatic carbocycles. The van der Waals surface area contributed by atoms with Crippen LogP contribution in [0.4, 0.5) is 0 Å². The first-order valence-electron chi connectivity index (χ1n) is 2.95. The molecule has 1 radical (unpaired) electrons. The van der Waals surface area contributed by atoms with Gasteiger partial charge in [0.1, 0.15) is 0 Å². The van der Waals surface area contributed by atoms with Crippen molar-refractivity contribution in [1.29, 1.82) is 0 Å². The maximum absolute atomic E-state index is 8.74. The highest BCUT2D eigenvalue weighted by Crippen LogP contribution is 2.04. The summed E-state index contributed by atoms with van der Waals surface area (Å²) in [5.74, 6) is 0.367. The van der Waals surface area contributed by atoms with Gasteiger partial charge >= 0.3 is 0 Å². The average Bonchev–Trinajstić information content (AvgIpc) is 2.43. The molecule has 55 valence electrons. The Kier molecular flexibility index (Phi) is 2.71. The van der Waals surface area contributed by atoms with Gasteiger partial charge in [-0.2, -0.15) is 5.10 Å². The third-order valence-corrected chi connectivity index (χ3v) is 1.59. The number of nitrogens with zero attached hydrogens (tertiary/aromatic N) is 2. The Morgan fingerprint density at radius 1 is 1.80 bits per heavy atom. The van der Waals surface area contributed by atoms with Crippen LogP contribution in [0.3, 0.4) is 0 Å². The zero-order chi connectivity index (χ0) is 7.40. The molecule has 0 saturated heterocycles. The van der Waals surface area contributed by atoms with Gasteiger partial charge in [-0.15, -0.1) is 11.6 Å². The summed E-state index contributed by atoms with van der Waals surface area (Å²) >= 11 is 5.52. The second-order valence-electron chi connectivity index (χ2n) is 1.91. The van der Waals surface area contributed by atoms with E-state index in [0.29, 0.717) is 5.88 Å². The maximum Gasteiger partial charge on any atom is 0.0885 e. The average molecular weight is 160 g/mol. The molecule has 4 heteroatoms. The molecular formula is C6H8ClN2O. The minimum absolute atomic E-state index is 0.0129. The number of hydrogen-bond donors (Lipinski definition) is 1. The van der Waals surface area contributed by atoms with Gasteiger partial charge in [-0.1, -0.05) is 0 Å². The van der Waals surface area contributed by atoms with Crippen molar-refractivity contribution in [3.63, 3.8) is 0 Å². The summed E-state index contributed by atoms with van der Waals surface area (Å²) in [6.45, 7) is 0.0129. The molecule has 1 aromatic heterocycles. The van der Waals surface area contributed by atoms with E-state index in [1.54, 1.807) is 10.9 Å². The van der Waals surface area contributed by atoms with Crippen LogP contribution in [-0.4, -0.2) is 27.4 Å². The molecule has 0 aliphatic rings. The molecule has 0 aromatic carbocycles. The van der Waals surface area contributed by atoms with Crippen LogP contribution in [-0.2, 0) is 0 Å². The molecule has 1 N–H and O–H groups in total. The largest absolute Gasteiger partial charge is 0.394 e. The highest BCUT2D eigenvalue weighted by Gasteiger charge is 2.06. The minimum Gasteiger partial charge on any atom is -0.394 e. The number of aliphatic hydroxyl groups excluding tert-OH is 1. The lowest BCUT2D eigenvalue weighted by atomic mass is 10.4. The van der Waals surface area contributed by atoms with Gasteiger partial charge in [-0.25, -0.2) is 0 Å². The van der Waals surface area contributed by atoms with Crippen molar-refractivity contribution in [3.05, 3.63) is 18.5 Å². The van der Waals surface area contributed by atoms with Crippen LogP contribution in [0.1, 0.15) is 6.04 Å². The van der Waals surface area contributed by atoms with Gasteiger partial charge in [0.25, 0.3) is 0 Å². The van der Waals surface area contributed by atoms with E-state index in [0.717, 1.165) is 0 Å². The van der Waals surface area contributed by atoms with Crippen molar-refractivity contribution in [3.8, 4) is 0 Å². The lowest BCUT2D eigenvalue weighted by Gasteiger charge is -2.09. The summed E-state index contributed by atoms with van der Waals surface area (Å²) in [6, 6.07) is 2.64. The van der Waals surface area contributed by atoms with Crippen LogP contribution in [0.15, 0.2) is 12.4 Å². The Labute approximate surface area is 64.2 Å². The Balaban J connectivity index is 2.64. The first-order chi connectivity index (χ1) is 4.88. The van der Waals surface area contributed by atoms with Crippen molar-refractivity contribution < 1.29 is 5.11 Å². The second-order valence-corrected chi connectivity index (χ2v) is 2.22.